The number of halogens is 1. The first-order chi connectivity index (χ1) is 5.43. The van der Waals surface area contributed by atoms with E-state index in [1.165, 1.54) is 29.3 Å². The lowest BCUT2D eigenvalue weighted by Crippen LogP contribution is -1.85. The van der Waals surface area contributed by atoms with Crippen molar-refractivity contribution in [3.8, 4) is 0 Å². The van der Waals surface area contributed by atoms with Crippen LogP contribution in [0.25, 0.3) is 0 Å². The number of pyridine rings is 1. The first kappa shape index (κ1) is 8.97. The first-order valence-corrected chi connectivity index (χ1v) is 5.41. The van der Waals surface area contributed by atoms with Crippen molar-refractivity contribution in [1.29, 1.82) is 0 Å². The number of rotatable bonds is 4. The van der Waals surface area contributed by atoms with Gasteiger partial charge in [0.05, 0.1) is 0 Å². The smallest absolute Gasteiger partial charge is 0.0270 e. The summed E-state index contributed by atoms with van der Waals surface area (Å²) in [6, 6.07) is 4.18. The normalized spacial score (nSPS) is 9.91. The van der Waals surface area contributed by atoms with E-state index in [1.54, 1.807) is 0 Å². The van der Waals surface area contributed by atoms with Crippen molar-refractivity contribution in [2.45, 2.75) is 19.3 Å². The minimum absolute atomic E-state index is 1.20. The van der Waals surface area contributed by atoms with E-state index in [2.05, 4.69) is 39.7 Å². The van der Waals surface area contributed by atoms with Gasteiger partial charge in [-0.2, -0.15) is 0 Å². The molecule has 0 bridgehead atoms. The van der Waals surface area contributed by atoms with Crippen molar-refractivity contribution in [3.05, 3.63) is 30.1 Å². The summed E-state index contributed by atoms with van der Waals surface area (Å²) in [5.41, 5.74) is 1.41. The molecule has 0 fully saturated rings. The van der Waals surface area contributed by atoms with E-state index >= 15 is 0 Å². The molecular formula is C9H12IN. The Balaban J connectivity index is 2.28. The van der Waals surface area contributed by atoms with Gasteiger partial charge in [0.15, 0.2) is 0 Å². The molecule has 0 aliphatic rings. The van der Waals surface area contributed by atoms with Crippen LogP contribution in [0.3, 0.4) is 0 Å². The summed E-state index contributed by atoms with van der Waals surface area (Å²) < 4.78 is 1.27. The number of hydrogen-bond acceptors (Lipinski definition) is 1. The molecule has 0 spiro atoms. The highest BCUT2D eigenvalue weighted by atomic mass is 127. The number of unbranched alkanes of at least 4 members (excludes halogenated alkanes) is 1. The third kappa shape index (κ3) is 3.70. The Morgan fingerprint density at radius 3 is 2.55 bits per heavy atom. The molecule has 1 nitrogen and oxygen atoms in total. The van der Waals surface area contributed by atoms with Gasteiger partial charge in [-0.3, -0.25) is 4.98 Å². The standard InChI is InChI=1S/C9H12IN/c10-6-2-1-3-9-4-7-11-8-5-9/h4-5,7-8H,1-3,6H2. The molecule has 0 unspecified atom stereocenters. The third-order valence-electron chi connectivity index (χ3n) is 1.60. The van der Waals surface area contributed by atoms with Gasteiger partial charge in [0, 0.05) is 12.4 Å². The number of hydrogen-bond donors (Lipinski definition) is 0. The third-order valence-corrected chi connectivity index (χ3v) is 2.36. The Labute approximate surface area is 81.4 Å². The Morgan fingerprint density at radius 1 is 1.18 bits per heavy atom. The van der Waals surface area contributed by atoms with Crippen molar-refractivity contribution in [3.63, 3.8) is 0 Å². The van der Waals surface area contributed by atoms with Crippen LogP contribution in [-0.4, -0.2) is 9.41 Å². The van der Waals surface area contributed by atoms with Crippen molar-refractivity contribution >= 4 is 22.6 Å². The van der Waals surface area contributed by atoms with E-state index in [9.17, 15) is 0 Å². The Hall–Kier alpha value is -0.120. The van der Waals surface area contributed by atoms with Crippen LogP contribution in [0.2, 0.25) is 0 Å². The molecule has 1 aromatic heterocycles. The first-order valence-electron chi connectivity index (χ1n) is 3.88. The van der Waals surface area contributed by atoms with Gasteiger partial charge >= 0.3 is 0 Å². The Morgan fingerprint density at radius 2 is 1.91 bits per heavy atom. The van der Waals surface area contributed by atoms with Crippen LogP contribution >= 0.6 is 22.6 Å². The van der Waals surface area contributed by atoms with Crippen molar-refractivity contribution in [2.24, 2.45) is 0 Å². The number of aryl methyl sites for hydroxylation is 1. The molecule has 0 aliphatic carbocycles. The molecule has 1 rings (SSSR count). The average Bonchev–Trinajstić information content (AvgIpc) is 2.07. The second kappa shape index (κ2) is 5.52. The summed E-state index contributed by atoms with van der Waals surface area (Å²) in [7, 11) is 0. The summed E-state index contributed by atoms with van der Waals surface area (Å²) >= 11 is 2.42. The lowest BCUT2D eigenvalue weighted by atomic mass is 10.1. The highest BCUT2D eigenvalue weighted by Gasteiger charge is 1.90. The number of alkyl halides is 1. The van der Waals surface area contributed by atoms with Crippen molar-refractivity contribution in [2.75, 3.05) is 4.43 Å². The number of aromatic nitrogens is 1. The molecule has 2 heteroatoms. The van der Waals surface area contributed by atoms with E-state index in [0.29, 0.717) is 0 Å². The highest BCUT2D eigenvalue weighted by molar-refractivity contribution is 14.1. The van der Waals surface area contributed by atoms with Crippen LogP contribution in [0, 0.1) is 0 Å². The minimum Gasteiger partial charge on any atom is -0.265 e. The van der Waals surface area contributed by atoms with E-state index in [0.717, 1.165) is 0 Å². The maximum Gasteiger partial charge on any atom is 0.0270 e. The summed E-state index contributed by atoms with van der Waals surface area (Å²) in [6.07, 6.45) is 7.54. The van der Waals surface area contributed by atoms with Crippen LogP contribution in [0.4, 0.5) is 0 Å². The quantitative estimate of drug-likeness (QED) is 0.461. The van der Waals surface area contributed by atoms with Crippen LogP contribution in [0.15, 0.2) is 24.5 Å². The van der Waals surface area contributed by atoms with Crippen LogP contribution in [0.1, 0.15) is 18.4 Å². The van der Waals surface area contributed by atoms with Gasteiger partial charge in [-0.15, -0.1) is 0 Å². The lowest BCUT2D eigenvalue weighted by molar-refractivity contribution is 0.808. The molecule has 11 heavy (non-hydrogen) atoms. The molecule has 0 saturated carbocycles. The topological polar surface area (TPSA) is 12.9 Å². The zero-order valence-electron chi connectivity index (χ0n) is 6.46. The van der Waals surface area contributed by atoms with Gasteiger partial charge in [-0.1, -0.05) is 22.6 Å². The van der Waals surface area contributed by atoms with Crippen molar-refractivity contribution < 1.29 is 0 Å². The summed E-state index contributed by atoms with van der Waals surface area (Å²) in [6.45, 7) is 0. The Kier molecular flexibility index (Phi) is 4.50. The summed E-state index contributed by atoms with van der Waals surface area (Å²) in [5, 5.41) is 0. The largest absolute Gasteiger partial charge is 0.265 e. The number of nitrogens with zero attached hydrogens (tertiary/aromatic N) is 1. The molecule has 0 aliphatic heterocycles. The van der Waals surface area contributed by atoms with Crippen LogP contribution in [0.5, 0.6) is 0 Å². The van der Waals surface area contributed by atoms with E-state index in [1.807, 2.05) is 12.4 Å². The van der Waals surface area contributed by atoms with Gasteiger partial charge in [0.2, 0.25) is 0 Å². The summed E-state index contributed by atoms with van der Waals surface area (Å²) in [5.74, 6) is 0. The van der Waals surface area contributed by atoms with Crippen LogP contribution < -0.4 is 0 Å². The fourth-order valence-electron chi connectivity index (χ4n) is 0.973. The zero-order valence-corrected chi connectivity index (χ0v) is 8.62. The molecule has 0 amide bonds. The monoisotopic (exact) mass is 261 g/mol. The average molecular weight is 261 g/mol. The van der Waals surface area contributed by atoms with Gasteiger partial charge < -0.3 is 0 Å². The SMILES string of the molecule is ICCCCc1ccncc1. The predicted molar refractivity (Wildman–Crippen MR) is 56.1 cm³/mol. The summed E-state index contributed by atoms with van der Waals surface area (Å²) in [4.78, 5) is 3.97. The van der Waals surface area contributed by atoms with E-state index in [4.69, 9.17) is 0 Å². The fourth-order valence-corrected chi connectivity index (χ4v) is 1.51. The van der Waals surface area contributed by atoms with Crippen molar-refractivity contribution in [1.82, 2.24) is 4.98 Å². The molecule has 0 saturated heterocycles. The maximum atomic E-state index is 3.97. The molecule has 1 heterocycles. The molecule has 0 radical (unpaired) electrons. The van der Waals surface area contributed by atoms with E-state index in [-0.39, 0.29) is 0 Å². The van der Waals surface area contributed by atoms with E-state index < -0.39 is 0 Å². The molecule has 0 N–H and O–H groups in total. The fraction of sp³-hybridized carbons (Fsp3) is 0.444. The Bertz CT molecular complexity index is 186. The van der Waals surface area contributed by atoms with Gasteiger partial charge in [-0.25, -0.2) is 0 Å². The molecule has 0 atom stereocenters. The van der Waals surface area contributed by atoms with Gasteiger partial charge in [-0.05, 0) is 41.4 Å². The minimum atomic E-state index is 1.20. The highest BCUT2D eigenvalue weighted by Crippen LogP contribution is 2.04. The second-order valence-corrected chi connectivity index (χ2v) is 3.58. The molecular weight excluding hydrogens is 249 g/mol. The second-order valence-electron chi connectivity index (χ2n) is 2.50. The molecule has 60 valence electrons. The van der Waals surface area contributed by atoms with Gasteiger partial charge in [0.1, 0.15) is 0 Å². The predicted octanol–water partition coefficient (Wildman–Crippen LogP) is 2.84. The van der Waals surface area contributed by atoms with Crippen LogP contribution in [-0.2, 0) is 6.42 Å². The van der Waals surface area contributed by atoms with Gasteiger partial charge in [0.25, 0.3) is 0 Å². The lowest BCUT2D eigenvalue weighted by Gasteiger charge is -1.97. The maximum absolute atomic E-state index is 3.97. The zero-order chi connectivity index (χ0) is 7.94. The molecule has 1 aromatic rings. The molecule has 0 aromatic carbocycles.